The van der Waals surface area contributed by atoms with Crippen LogP contribution < -0.4 is 10.2 Å². The molecule has 2 N–H and O–H groups in total. The Morgan fingerprint density at radius 3 is 2.57 bits per heavy atom. The van der Waals surface area contributed by atoms with E-state index in [1.54, 1.807) is 23.6 Å². The van der Waals surface area contributed by atoms with Crippen LogP contribution in [0, 0.1) is 5.82 Å². The van der Waals surface area contributed by atoms with Crippen molar-refractivity contribution in [3.63, 3.8) is 0 Å². The van der Waals surface area contributed by atoms with Gasteiger partial charge in [-0.1, -0.05) is 18.2 Å². The van der Waals surface area contributed by atoms with Gasteiger partial charge >= 0.3 is 12.0 Å². The molecule has 21 heavy (non-hydrogen) atoms. The van der Waals surface area contributed by atoms with Crippen molar-refractivity contribution < 1.29 is 19.1 Å². The van der Waals surface area contributed by atoms with E-state index in [-0.39, 0.29) is 5.69 Å². The lowest BCUT2D eigenvalue weighted by atomic mass is 10.2. The molecule has 5 nitrogen and oxygen atoms in total. The highest BCUT2D eigenvalue weighted by Gasteiger charge is 2.25. The van der Waals surface area contributed by atoms with Crippen molar-refractivity contribution in [3.05, 3.63) is 52.5 Å². The number of carbonyl (C=O) groups excluding carboxylic acids is 1. The molecular formula is C14H13FN2O3S. The molecule has 0 aliphatic rings. The summed E-state index contributed by atoms with van der Waals surface area (Å²) in [7, 11) is 1.38. The van der Waals surface area contributed by atoms with Gasteiger partial charge in [-0.25, -0.2) is 14.0 Å². The summed E-state index contributed by atoms with van der Waals surface area (Å²) >= 11 is 1.22. The largest absolute Gasteiger partial charge is 0.479 e. The summed E-state index contributed by atoms with van der Waals surface area (Å²) in [5.41, 5.74) is 0.0744. The van der Waals surface area contributed by atoms with Crippen molar-refractivity contribution in [1.82, 2.24) is 5.32 Å². The number of halogens is 1. The molecule has 1 aromatic carbocycles. The molecule has 0 spiro atoms. The maximum Gasteiger partial charge on any atom is 0.331 e. The van der Waals surface area contributed by atoms with Crippen molar-refractivity contribution in [3.8, 4) is 0 Å². The second-order valence-electron chi connectivity index (χ2n) is 4.25. The van der Waals surface area contributed by atoms with E-state index < -0.39 is 23.9 Å². The zero-order valence-electron chi connectivity index (χ0n) is 11.1. The van der Waals surface area contributed by atoms with E-state index in [9.17, 15) is 19.1 Å². The van der Waals surface area contributed by atoms with Crippen LogP contribution in [0.3, 0.4) is 0 Å². The van der Waals surface area contributed by atoms with Crippen molar-refractivity contribution in [2.75, 3.05) is 11.9 Å². The van der Waals surface area contributed by atoms with Crippen LogP contribution in [0.2, 0.25) is 0 Å². The van der Waals surface area contributed by atoms with E-state index in [1.165, 1.54) is 36.6 Å². The molecule has 0 saturated heterocycles. The first-order valence-corrected chi connectivity index (χ1v) is 6.93. The van der Waals surface area contributed by atoms with Crippen LogP contribution in [0.1, 0.15) is 10.9 Å². The Morgan fingerprint density at radius 2 is 2.00 bits per heavy atom. The Balaban J connectivity index is 2.16. The first-order chi connectivity index (χ1) is 10.0. The SMILES string of the molecule is CN(C(=O)NC(C(=O)O)c1cccs1)c1ccccc1F. The van der Waals surface area contributed by atoms with Gasteiger partial charge in [0.2, 0.25) is 0 Å². The average molecular weight is 308 g/mol. The lowest BCUT2D eigenvalue weighted by Gasteiger charge is -2.21. The minimum absolute atomic E-state index is 0.0744. The number of carboxylic acids is 1. The second-order valence-corrected chi connectivity index (χ2v) is 5.23. The van der Waals surface area contributed by atoms with E-state index in [4.69, 9.17) is 0 Å². The number of hydrogen-bond donors (Lipinski definition) is 2. The first-order valence-electron chi connectivity index (χ1n) is 6.05. The number of carboxylic acid groups (broad SMARTS) is 1. The molecule has 1 aromatic heterocycles. The highest BCUT2D eigenvalue weighted by atomic mass is 32.1. The monoisotopic (exact) mass is 308 g/mol. The average Bonchev–Trinajstić information content (AvgIpc) is 2.97. The van der Waals surface area contributed by atoms with Gasteiger partial charge in [0.1, 0.15) is 5.82 Å². The standard InChI is InChI=1S/C14H13FN2O3S/c1-17(10-6-3-2-5-9(10)15)14(20)16-12(13(18)19)11-7-4-8-21-11/h2-8,12H,1H3,(H,16,20)(H,18,19). The highest BCUT2D eigenvalue weighted by molar-refractivity contribution is 7.10. The zero-order chi connectivity index (χ0) is 15.4. The van der Waals surface area contributed by atoms with Gasteiger partial charge in [0, 0.05) is 11.9 Å². The van der Waals surface area contributed by atoms with Crippen molar-refractivity contribution in [2.24, 2.45) is 0 Å². The Bertz CT molecular complexity index is 645. The summed E-state index contributed by atoms with van der Waals surface area (Å²) in [6.07, 6.45) is 0. The summed E-state index contributed by atoms with van der Waals surface area (Å²) in [4.78, 5) is 24.9. The summed E-state index contributed by atoms with van der Waals surface area (Å²) in [6.45, 7) is 0. The molecule has 110 valence electrons. The number of amides is 2. The van der Waals surface area contributed by atoms with Crippen LogP contribution in [0.15, 0.2) is 41.8 Å². The summed E-state index contributed by atoms with van der Waals surface area (Å²) in [5.74, 6) is -1.73. The van der Waals surface area contributed by atoms with E-state index in [1.807, 2.05) is 0 Å². The first kappa shape index (κ1) is 15.0. The number of anilines is 1. The van der Waals surface area contributed by atoms with Gasteiger partial charge in [0.25, 0.3) is 0 Å². The fraction of sp³-hybridized carbons (Fsp3) is 0.143. The number of nitrogens with zero attached hydrogens (tertiary/aromatic N) is 1. The molecule has 1 heterocycles. The van der Waals surface area contributed by atoms with Crippen LogP contribution in [-0.4, -0.2) is 24.2 Å². The quantitative estimate of drug-likeness (QED) is 0.912. The van der Waals surface area contributed by atoms with Gasteiger partial charge in [-0.15, -0.1) is 11.3 Å². The number of nitrogens with one attached hydrogen (secondary N) is 1. The fourth-order valence-electron chi connectivity index (χ4n) is 1.76. The Hall–Kier alpha value is -2.41. The molecular weight excluding hydrogens is 295 g/mol. The topological polar surface area (TPSA) is 69.6 Å². The van der Waals surface area contributed by atoms with E-state index >= 15 is 0 Å². The highest BCUT2D eigenvalue weighted by Crippen LogP contribution is 2.21. The third kappa shape index (κ3) is 3.38. The molecule has 2 aromatic rings. The van der Waals surface area contributed by atoms with Crippen LogP contribution in [-0.2, 0) is 4.79 Å². The number of carbonyl (C=O) groups is 2. The molecule has 0 aliphatic carbocycles. The van der Waals surface area contributed by atoms with Crippen molar-refractivity contribution in [2.45, 2.75) is 6.04 Å². The van der Waals surface area contributed by atoms with Gasteiger partial charge in [-0.05, 0) is 23.6 Å². The van der Waals surface area contributed by atoms with Crippen LogP contribution in [0.5, 0.6) is 0 Å². The summed E-state index contributed by atoms with van der Waals surface area (Å²) in [6, 6.07) is 7.23. The number of hydrogen-bond acceptors (Lipinski definition) is 3. The Labute approximate surface area is 124 Å². The molecule has 0 radical (unpaired) electrons. The molecule has 0 bridgehead atoms. The molecule has 0 aliphatic heterocycles. The Morgan fingerprint density at radius 1 is 1.29 bits per heavy atom. The zero-order valence-corrected chi connectivity index (χ0v) is 11.9. The number of para-hydroxylation sites is 1. The van der Waals surface area contributed by atoms with E-state index in [2.05, 4.69) is 5.32 Å². The minimum atomic E-state index is -1.17. The molecule has 7 heteroatoms. The third-order valence-electron chi connectivity index (χ3n) is 2.86. The normalized spacial score (nSPS) is 11.7. The maximum atomic E-state index is 13.6. The van der Waals surface area contributed by atoms with Gasteiger partial charge in [0.15, 0.2) is 6.04 Å². The number of benzene rings is 1. The lowest BCUT2D eigenvalue weighted by Crippen LogP contribution is -2.42. The number of urea groups is 1. The van der Waals surface area contributed by atoms with Gasteiger partial charge in [0.05, 0.1) is 5.69 Å². The summed E-state index contributed by atoms with van der Waals surface area (Å²) in [5, 5.41) is 13.3. The molecule has 2 amide bonds. The van der Waals surface area contributed by atoms with E-state index in [0.717, 1.165) is 4.90 Å². The third-order valence-corrected chi connectivity index (χ3v) is 3.80. The predicted octanol–water partition coefficient (Wildman–Crippen LogP) is 2.86. The number of rotatable bonds is 4. The van der Waals surface area contributed by atoms with Crippen molar-refractivity contribution >= 4 is 29.0 Å². The van der Waals surface area contributed by atoms with Gasteiger partial charge < -0.3 is 10.4 Å². The predicted molar refractivity (Wildman–Crippen MR) is 78.0 cm³/mol. The van der Waals surface area contributed by atoms with Crippen LogP contribution in [0.25, 0.3) is 0 Å². The minimum Gasteiger partial charge on any atom is -0.479 e. The Kier molecular flexibility index (Phi) is 4.54. The van der Waals surface area contributed by atoms with Gasteiger partial charge in [-0.2, -0.15) is 0 Å². The van der Waals surface area contributed by atoms with E-state index in [0.29, 0.717) is 4.88 Å². The molecule has 1 unspecified atom stereocenters. The fourth-order valence-corrected chi connectivity index (χ4v) is 2.53. The molecule has 0 saturated carbocycles. The van der Waals surface area contributed by atoms with Crippen LogP contribution in [0.4, 0.5) is 14.9 Å². The van der Waals surface area contributed by atoms with Crippen LogP contribution >= 0.6 is 11.3 Å². The number of aliphatic carboxylic acids is 1. The molecule has 0 fully saturated rings. The van der Waals surface area contributed by atoms with Gasteiger partial charge in [-0.3, -0.25) is 4.90 Å². The molecule has 2 rings (SSSR count). The molecule has 1 atom stereocenters. The summed E-state index contributed by atoms with van der Waals surface area (Å²) < 4.78 is 13.6. The van der Waals surface area contributed by atoms with Crippen molar-refractivity contribution in [1.29, 1.82) is 0 Å². The number of thiophene rings is 1. The smallest absolute Gasteiger partial charge is 0.331 e. The lowest BCUT2D eigenvalue weighted by molar-refractivity contribution is -0.139. The second kappa shape index (κ2) is 6.36. The maximum absolute atomic E-state index is 13.6.